The predicted octanol–water partition coefficient (Wildman–Crippen LogP) is 1.01. The molecule has 0 saturated carbocycles. The molecule has 0 fully saturated rings. The molecule has 1 atom stereocenters. The number of aromatic nitrogens is 3. The molecule has 0 saturated heterocycles. The minimum Gasteiger partial charge on any atom is -0.399 e. The van der Waals surface area contributed by atoms with E-state index in [1.54, 1.807) is 6.33 Å². The van der Waals surface area contributed by atoms with Gasteiger partial charge in [-0.25, -0.2) is 0 Å². The molecular formula is C14H17N5O. The second-order valence-electron chi connectivity index (χ2n) is 5.09. The van der Waals surface area contributed by atoms with E-state index in [1.807, 2.05) is 40.7 Å². The van der Waals surface area contributed by atoms with Crippen molar-refractivity contribution in [1.82, 2.24) is 19.7 Å². The lowest BCUT2D eigenvalue weighted by atomic mass is 9.99. The lowest BCUT2D eigenvalue weighted by Gasteiger charge is -2.29. The largest absolute Gasteiger partial charge is 0.399 e. The summed E-state index contributed by atoms with van der Waals surface area (Å²) in [5.41, 5.74) is 7.41. The summed E-state index contributed by atoms with van der Waals surface area (Å²) >= 11 is 0. The van der Waals surface area contributed by atoms with Crippen LogP contribution in [0, 0.1) is 0 Å². The number of amides is 1. The third-order valence-electron chi connectivity index (χ3n) is 3.73. The fourth-order valence-electron chi connectivity index (χ4n) is 2.50. The van der Waals surface area contributed by atoms with Crippen LogP contribution in [0.3, 0.4) is 0 Å². The highest BCUT2D eigenvalue weighted by Crippen LogP contribution is 2.22. The third-order valence-corrected chi connectivity index (χ3v) is 3.73. The number of nitrogens with two attached hydrogens (primary N) is 1. The van der Waals surface area contributed by atoms with Crippen molar-refractivity contribution in [3.63, 3.8) is 0 Å². The van der Waals surface area contributed by atoms with Gasteiger partial charge in [-0.05, 0) is 24.6 Å². The van der Waals surface area contributed by atoms with Gasteiger partial charge in [-0.15, -0.1) is 10.2 Å². The molecule has 2 N–H and O–H groups in total. The lowest BCUT2D eigenvalue weighted by Crippen LogP contribution is -2.40. The molecule has 1 aromatic heterocycles. The van der Waals surface area contributed by atoms with Crippen molar-refractivity contribution in [1.29, 1.82) is 0 Å². The lowest BCUT2D eigenvalue weighted by molar-refractivity contribution is -0.134. The van der Waals surface area contributed by atoms with Crippen LogP contribution < -0.4 is 5.73 Å². The summed E-state index contributed by atoms with van der Waals surface area (Å²) in [5, 5.41) is 7.91. The number of nitrogen functional groups attached to an aromatic ring is 1. The summed E-state index contributed by atoms with van der Waals surface area (Å²) in [6, 6.07) is 7.49. The Balaban J connectivity index is 1.76. The molecule has 1 aliphatic heterocycles. The average molecular weight is 271 g/mol. The van der Waals surface area contributed by atoms with Crippen LogP contribution in [0.25, 0.3) is 0 Å². The second-order valence-corrected chi connectivity index (χ2v) is 5.09. The molecule has 6 heteroatoms. The Morgan fingerprint density at radius 3 is 3.05 bits per heavy atom. The van der Waals surface area contributed by atoms with Crippen molar-refractivity contribution < 1.29 is 4.79 Å². The van der Waals surface area contributed by atoms with Crippen LogP contribution in [0.5, 0.6) is 0 Å². The molecule has 0 radical (unpaired) electrons. The molecule has 2 heterocycles. The Morgan fingerprint density at radius 2 is 2.25 bits per heavy atom. The molecule has 3 rings (SSSR count). The van der Waals surface area contributed by atoms with E-state index in [4.69, 9.17) is 5.73 Å². The zero-order valence-corrected chi connectivity index (χ0v) is 11.4. The summed E-state index contributed by atoms with van der Waals surface area (Å²) in [4.78, 5) is 14.4. The molecule has 0 bridgehead atoms. The van der Waals surface area contributed by atoms with Gasteiger partial charge in [0.1, 0.15) is 6.33 Å². The van der Waals surface area contributed by atoms with Crippen molar-refractivity contribution in [2.45, 2.75) is 25.9 Å². The van der Waals surface area contributed by atoms with Crippen LogP contribution in [-0.2, 0) is 17.9 Å². The van der Waals surface area contributed by atoms with Gasteiger partial charge in [0.2, 0.25) is 5.91 Å². The van der Waals surface area contributed by atoms with Crippen LogP contribution in [0.4, 0.5) is 5.69 Å². The summed E-state index contributed by atoms with van der Waals surface area (Å²) < 4.78 is 1.98. The SMILES string of the molecule is CC(C(=O)N1CCn2cnnc2C1)c1cccc(N)c1. The van der Waals surface area contributed by atoms with Gasteiger partial charge in [-0.3, -0.25) is 4.79 Å². The molecular weight excluding hydrogens is 254 g/mol. The maximum Gasteiger partial charge on any atom is 0.230 e. The molecule has 1 aromatic carbocycles. The molecule has 1 amide bonds. The Morgan fingerprint density at radius 1 is 1.40 bits per heavy atom. The molecule has 1 unspecified atom stereocenters. The van der Waals surface area contributed by atoms with E-state index in [2.05, 4.69) is 10.2 Å². The van der Waals surface area contributed by atoms with E-state index >= 15 is 0 Å². The van der Waals surface area contributed by atoms with Crippen molar-refractivity contribution in [3.05, 3.63) is 42.0 Å². The Hall–Kier alpha value is -2.37. The number of hydrogen-bond donors (Lipinski definition) is 1. The fourth-order valence-corrected chi connectivity index (χ4v) is 2.50. The number of nitrogens with zero attached hydrogens (tertiary/aromatic N) is 4. The predicted molar refractivity (Wildman–Crippen MR) is 74.7 cm³/mol. The van der Waals surface area contributed by atoms with E-state index in [0.29, 0.717) is 18.8 Å². The number of fused-ring (bicyclic) bond motifs is 1. The molecule has 104 valence electrons. The van der Waals surface area contributed by atoms with Crippen LogP contribution >= 0.6 is 0 Å². The average Bonchev–Trinajstić information content (AvgIpc) is 2.93. The van der Waals surface area contributed by atoms with Crippen molar-refractivity contribution in [2.24, 2.45) is 0 Å². The van der Waals surface area contributed by atoms with Crippen molar-refractivity contribution in [2.75, 3.05) is 12.3 Å². The maximum absolute atomic E-state index is 12.6. The topological polar surface area (TPSA) is 77.0 Å². The molecule has 2 aromatic rings. The molecule has 20 heavy (non-hydrogen) atoms. The summed E-state index contributed by atoms with van der Waals surface area (Å²) in [6.07, 6.45) is 1.71. The van der Waals surface area contributed by atoms with Gasteiger partial charge in [0, 0.05) is 18.8 Å². The van der Waals surface area contributed by atoms with Gasteiger partial charge in [0.15, 0.2) is 5.82 Å². The first-order valence-corrected chi connectivity index (χ1v) is 6.66. The number of anilines is 1. The summed E-state index contributed by atoms with van der Waals surface area (Å²) in [5.74, 6) is 0.738. The first-order chi connectivity index (χ1) is 9.65. The molecule has 1 aliphatic rings. The molecule has 0 spiro atoms. The smallest absolute Gasteiger partial charge is 0.230 e. The van der Waals surface area contributed by atoms with E-state index < -0.39 is 0 Å². The Labute approximate surface area is 117 Å². The number of hydrogen-bond acceptors (Lipinski definition) is 4. The highest BCUT2D eigenvalue weighted by atomic mass is 16.2. The van der Waals surface area contributed by atoms with Gasteiger partial charge in [0.25, 0.3) is 0 Å². The highest BCUT2D eigenvalue weighted by molar-refractivity contribution is 5.83. The van der Waals surface area contributed by atoms with E-state index in [0.717, 1.165) is 17.9 Å². The maximum atomic E-state index is 12.6. The van der Waals surface area contributed by atoms with Gasteiger partial charge in [-0.1, -0.05) is 12.1 Å². The standard InChI is InChI=1S/C14H17N5O/c1-10(11-3-2-4-12(15)7-11)14(20)18-5-6-19-9-16-17-13(19)8-18/h2-4,7,9-10H,5-6,8,15H2,1H3. The van der Waals surface area contributed by atoms with Gasteiger partial charge >= 0.3 is 0 Å². The van der Waals surface area contributed by atoms with Crippen LogP contribution in [0.1, 0.15) is 24.2 Å². The van der Waals surface area contributed by atoms with Gasteiger partial charge in [0.05, 0.1) is 12.5 Å². The van der Waals surface area contributed by atoms with Crippen molar-refractivity contribution >= 4 is 11.6 Å². The molecule has 6 nitrogen and oxygen atoms in total. The first kappa shape index (κ1) is 12.7. The fraction of sp³-hybridized carbons (Fsp3) is 0.357. The minimum atomic E-state index is -0.201. The van der Waals surface area contributed by atoms with Gasteiger partial charge in [-0.2, -0.15) is 0 Å². The van der Waals surface area contributed by atoms with E-state index in [-0.39, 0.29) is 11.8 Å². The highest BCUT2D eigenvalue weighted by Gasteiger charge is 2.26. The number of benzene rings is 1. The number of carbonyl (C=O) groups is 1. The monoisotopic (exact) mass is 271 g/mol. The Bertz CT molecular complexity index is 636. The Kier molecular flexibility index (Phi) is 3.14. The quantitative estimate of drug-likeness (QED) is 0.827. The van der Waals surface area contributed by atoms with Crippen molar-refractivity contribution in [3.8, 4) is 0 Å². The second kappa shape index (κ2) is 4.96. The number of rotatable bonds is 2. The zero-order valence-electron chi connectivity index (χ0n) is 11.4. The first-order valence-electron chi connectivity index (χ1n) is 6.66. The van der Waals surface area contributed by atoms with Crippen LogP contribution in [0.2, 0.25) is 0 Å². The van der Waals surface area contributed by atoms with Crippen LogP contribution in [0.15, 0.2) is 30.6 Å². The zero-order chi connectivity index (χ0) is 14.1. The summed E-state index contributed by atoms with van der Waals surface area (Å²) in [6.45, 7) is 3.87. The van der Waals surface area contributed by atoms with E-state index in [1.165, 1.54) is 0 Å². The number of carbonyl (C=O) groups excluding carboxylic acids is 1. The normalized spacial score (nSPS) is 15.8. The van der Waals surface area contributed by atoms with Crippen LogP contribution in [-0.4, -0.2) is 32.1 Å². The minimum absolute atomic E-state index is 0.102. The van der Waals surface area contributed by atoms with Gasteiger partial charge < -0.3 is 15.2 Å². The summed E-state index contributed by atoms with van der Waals surface area (Å²) in [7, 11) is 0. The van der Waals surface area contributed by atoms with E-state index in [9.17, 15) is 4.79 Å². The third kappa shape index (κ3) is 2.24. The molecule has 0 aliphatic carbocycles.